The molecule has 0 saturated heterocycles. The first kappa shape index (κ1) is 14.5. The van der Waals surface area contributed by atoms with Crippen molar-refractivity contribution in [1.29, 1.82) is 0 Å². The van der Waals surface area contributed by atoms with Gasteiger partial charge in [-0.3, -0.25) is 0 Å². The molecule has 0 aliphatic heterocycles. The molecule has 1 saturated carbocycles. The van der Waals surface area contributed by atoms with Gasteiger partial charge in [0.25, 0.3) is 0 Å². The fourth-order valence-corrected chi connectivity index (χ4v) is 3.48. The first-order valence-corrected chi connectivity index (χ1v) is 7.75. The fraction of sp³-hybridized carbons (Fsp3) is 0.538. The highest BCUT2D eigenvalue weighted by atomic mass is 79.9. The molecule has 5 heteroatoms. The molecule has 1 nitrogen and oxygen atoms in total. The van der Waals surface area contributed by atoms with E-state index in [1.54, 1.807) is 0 Å². The van der Waals surface area contributed by atoms with Crippen LogP contribution in [0.5, 0.6) is 5.75 Å². The van der Waals surface area contributed by atoms with Crippen molar-refractivity contribution in [3.05, 3.63) is 27.4 Å². The monoisotopic (exact) mass is 352 g/mol. The lowest BCUT2D eigenvalue weighted by Crippen LogP contribution is -2.27. The van der Waals surface area contributed by atoms with E-state index in [-0.39, 0.29) is 10.4 Å². The van der Waals surface area contributed by atoms with Gasteiger partial charge in [0.2, 0.25) is 0 Å². The zero-order valence-electron chi connectivity index (χ0n) is 9.89. The Hall–Kier alpha value is 0.0700. The first-order valence-electron chi connectivity index (χ1n) is 5.94. The zero-order chi connectivity index (χ0) is 13.2. The Labute approximate surface area is 126 Å². The maximum absolute atomic E-state index is 13.4. The normalized spacial score (nSPS) is 18.0. The van der Waals surface area contributed by atoms with E-state index < -0.39 is 5.82 Å². The van der Waals surface area contributed by atoms with E-state index in [0.717, 1.165) is 18.6 Å². The molecule has 0 spiro atoms. The van der Waals surface area contributed by atoms with E-state index in [2.05, 4.69) is 28.6 Å². The van der Waals surface area contributed by atoms with Crippen LogP contribution in [0.1, 0.15) is 25.7 Å². The highest BCUT2D eigenvalue weighted by molar-refractivity contribution is 9.10. The summed E-state index contributed by atoms with van der Waals surface area (Å²) in [4.78, 5) is 0. The summed E-state index contributed by atoms with van der Waals surface area (Å²) in [5.74, 6) is 0.854. The number of ether oxygens (including phenoxy) is 1. The van der Waals surface area contributed by atoms with Crippen LogP contribution in [0.15, 0.2) is 16.6 Å². The molecule has 0 amide bonds. The van der Waals surface area contributed by atoms with Crippen molar-refractivity contribution in [2.24, 2.45) is 5.41 Å². The number of hydrogen-bond acceptors (Lipinski definition) is 2. The first-order chi connectivity index (χ1) is 8.56. The minimum absolute atomic E-state index is 0.0963. The summed E-state index contributed by atoms with van der Waals surface area (Å²) in [6, 6.07) is 2.85. The van der Waals surface area contributed by atoms with Gasteiger partial charge in [-0.25, -0.2) is 4.39 Å². The Balaban J connectivity index is 2.08. The number of rotatable bonds is 4. The topological polar surface area (TPSA) is 9.23 Å². The van der Waals surface area contributed by atoms with Gasteiger partial charge in [0.1, 0.15) is 11.6 Å². The highest BCUT2D eigenvalue weighted by Crippen LogP contribution is 2.40. The van der Waals surface area contributed by atoms with Crippen molar-refractivity contribution >= 4 is 40.2 Å². The maximum atomic E-state index is 13.4. The smallest absolute Gasteiger partial charge is 0.145 e. The Morgan fingerprint density at radius 3 is 2.67 bits per heavy atom. The van der Waals surface area contributed by atoms with E-state index in [1.165, 1.54) is 25.0 Å². The Kier molecular flexibility index (Phi) is 4.84. The van der Waals surface area contributed by atoms with Crippen molar-refractivity contribution in [2.45, 2.75) is 25.7 Å². The Morgan fingerprint density at radius 1 is 1.39 bits per heavy atom. The Bertz CT molecular complexity index is 435. The molecule has 100 valence electrons. The molecular formula is C13H15BrClFOS. The molecule has 0 unspecified atom stereocenters. The lowest BCUT2D eigenvalue weighted by Gasteiger charge is -2.27. The van der Waals surface area contributed by atoms with Crippen LogP contribution in [0.25, 0.3) is 0 Å². The zero-order valence-corrected chi connectivity index (χ0v) is 13.1. The quantitative estimate of drug-likeness (QED) is 0.584. The van der Waals surface area contributed by atoms with Gasteiger partial charge in [0, 0.05) is 11.5 Å². The van der Waals surface area contributed by atoms with E-state index in [1.807, 2.05) is 0 Å². The number of halogens is 3. The number of benzene rings is 1. The largest absolute Gasteiger partial charge is 0.492 e. The molecule has 1 aromatic rings. The average Bonchev–Trinajstić information content (AvgIpc) is 2.82. The van der Waals surface area contributed by atoms with Crippen LogP contribution in [0.3, 0.4) is 0 Å². The minimum atomic E-state index is -0.457. The molecule has 0 aromatic heterocycles. The summed E-state index contributed by atoms with van der Waals surface area (Å²) >= 11 is 13.5. The molecule has 1 aliphatic rings. The van der Waals surface area contributed by atoms with Gasteiger partial charge in [-0.15, -0.1) is 0 Å². The van der Waals surface area contributed by atoms with Crippen molar-refractivity contribution in [2.75, 3.05) is 12.4 Å². The fourth-order valence-electron chi connectivity index (χ4n) is 2.32. The van der Waals surface area contributed by atoms with Gasteiger partial charge in [-0.05, 0) is 40.6 Å². The summed E-state index contributed by atoms with van der Waals surface area (Å²) in [5.41, 5.74) is 0.138. The third kappa shape index (κ3) is 3.14. The number of hydrogen-bond donors (Lipinski definition) is 1. The standard InChI is InChI=1S/C13H15BrClFOS/c14-9-5-10(15)11(16)6-12(9)17-7-13(8-18)3-1-2-4-13/h5-6,18H,1-4,7-8H2. The molecule has 0 atom stereocenters. The molecule has 0 radical (unpaired) electrons. The van der Waals surface area contributed by atoms with E-state index in [4.69, 9.17) is 16.3 Å². The number of thiol groups is 1. The lowest BCUT2D eigenvalue weighted by atomic mass is 9.90. The minimum Gasteiger partial charge on any atom is -0.492 e. The lowest BCUT2D eigenvalue weighted by molar-refractivity contribution is 0.172. The van der Waals surface area contributed by atoms with E-state index in [0.29, 0.717) is 16.8 Å². The van der Waals surface area contributed by atoms with Gasteiger partial charge in [0.05, 0.1) is 16.1 Å². The van der Waals surface area contributed by atoms with Crippen LogP contribution in [-0.4, -0.2) is 12.4 Å². The van der Waals surface area contributed by atoms with Crippen LogP contribution in [0, 0.1) is 11.2 Å². The molecule has 1 aromatic carbocycles. The highest BCUT2D eigenvalue weighted by Gasteiger charge is 2.33. The third-order valence-corrected chi connectivity index (χ3v) is 5.09. The molecule has 18 heavy (non-hydrogen) atoms. The predicted molar refractivity (Wildman–Crippen MR) is 79.4 cm³/mol. The molecule has 1 fully saturated rings. The van der Waals surface area contributed by atoms with Gasteiger partial charge >= 0.3 is 0 Å². The van der Waals surface area contributed by atoms with Crippen LogP contribution >= 0.6 is 40.2 Å². The van der Waals surface area contributed by atoms with Gasteiger partial charge in [0.15, 0.2) is 0 Å². The summed E-state index contributed by atoms with van der Waals surface area (Å²) < 4.78 is 19.8. The summed E-state index contributed by atoms with van der Waals surface area (Å²) in [5, 5.41) is 0.0963. The van der Waals surface area contributed by atoms with Crippen molar-refractivity contribution < 1.29 is 9.13 Å². The van der Waals surface area contributed by atoms with Crippen LogP contribution in [0.2, 0.25) is 5.02 Å². The van der Waals surface area contributed by atoms with Gasteiger partial charge in [-0.2, -0.15) is 12.6 Å². The van der Waals surface area contributed by atoms with Crippen LogP contribution < -0.4 is 4.74 Å². The van der Waals surface area contributed by atoms with Gasteiger partial charge < -0.3 is 4.74 Å². The molecule has 1 aliphatic carbocycles. The average molecular weight is 354 g/mol. The second kappa shape index (κ2) is 6.02. The van der Waals surface area contributed by atoms with Crippen LogP contribution in [0.4, 0.5) is 4.39 Å². The van der Waals surface area contributed by atoms with Crippen molar-refractivity contribution in [3.8, 4) is 5.75 Å². The van der Waals surface area contributed by atoms with E-state index in [9.17, 15) is 4.39 Å². The summed E-state index contributed by atoms with van der Waals surface area (Å²) in [7, 11) is 0. The van der Waals surface area contributed by atoms with Crippen molar-refractivity contribution in [3.63, 3.8) is 0 Å². The van der Waals surface area contributed by atoms with Crippen LogP contribution in [-0.2, 0) is 0 Å². The molecule has 0 heterocycles. The van der Waals surface area contributed by atoms with Crippen molar-refractivity contribution in [1.82, 2.24) is 0 Å². The molecule has 0 bridgehead atoms. The third-order valence-electron chi connectivity index (χ3n) is 3.51. The van der Waals surface area contributed by atoms with Gasteiger partial charge in [-0.1, -0.05) is 24.4 Å². The molecule has 0 N–H and O–H groups in total. The second-order valence-electron chi connectivity index (χ2n) is 4.85. The Morgan fingerprint density at radius 2 is 2.06 bits per heavy atom. The molecule has 2 rings (SSSR count). The SMILES string of the molecule is Fc1cc(OCC2(CS)CCCC2)c(Br)cc1Cl. The molecular weight excluding hydrogens is 339 g/mol. The maximum Gasteiger partial charge on any atom is 0.145 e. The van der Waals surface area contributed by atoms with E-state index >= 15 is 0 Å². The summed E-state index contributed by atoms with van der Waals surface area (Å²) in [6.45, 7) is 0.580. The summed E-state index contributed by atoms with van der Waals surface area (Å²) in [6.07, 6.45) is 4.70. The predicted octanol–water partition coefficient (Wildman–Crippen LogP) is 5.11. The second-order valence-corrected chi connectivity index (χ2v) is 6.43.